The molecule has 0 bridgehead atoms. The summed E-state index contributed by atoms with van der Waals surface area (Å²) in [5, 5.41) is 9.36. The van der Waals surface area contributed by atoms with Gasteiger partial charge in [0.05, 0.1) is 22.2 Å². The minimum atomic E-state index is -0.883. The SMILES string of the molecule is COc1c(Br)cc(F)c(C(C)O)c1Br. The van der Waals surface area contributed by atoms with Crippen molar-refractivity contribution in [2.45, 2.75) is 13.0 Å². The summed E-state index contributed by atoms with van der Waals surface area (Å²) in [5.41, 5.74) is 0.199. The number of ether oxygens (including phenoxy) is 1. The van der Waals surface area contributed by atoms with E-state index in [1.165, 1.54) is 20.1 Å². The van der Waals surface area contributed by atoms with E-state index in [1.807, 2.05) is 0 Å². The van der Waals surface area contributed by atoms with Gasteiger partial charge in [-0.05, 0) is 44.8 Å². The second-order valence-corrected chi connectivity index (χ2v) is 4.42. The first-order valence-corrected chi connectivity index (χ1v) is 5.47. The summed E-state index contributed by atoms with van der Waals surface area (Å²) in [6.45, 7) is 1.50. The number of methoxy groups -OCH3 is 1. The number of hydrogen-bond acceptors (Lipinski definition) is 2. The summed E-state index contributed by atoms with van der Waals surface area (Å²) in [7, 11) is 1.48. The third-order valence-electron chi connectivity index (χ3n) is 1.79. The third kappa shape index (κ3) is 2.10. The van der Waals surface area contributed by atoms with Gasteiger partial charge in [0.25, 0.3) is 0 Å². The molecule has 1 atom stereocenters. The Morgan fingerprint density at radius 3 is 2.50 bits per heavy atom. The maximum atomic E-state index is 13.4. The van der Waals surface area contributed by atoms with Crippen LogP contribution >= 0.6 is 31.9 Å². The number of hydrogen-bond donors (Lipinski definition) is 1. The Kier molecular flexibility index (Phi) is 3.92. The molecule has 1 N–H and O–H groups in total. The summed E-state index contributed by atoms with van der Waals surface area (Å²) in [5.74, 6) is 0.00171. The molecule has 0 spiro atoms. The molecule has 0 radical (unpaired) electrons. The number of aliphatic hydroxyl groups is 1. The summed E-state index contributed by atoms with van der Waals surface area (Å²) < 4.78 is 19.4. The van der Waals surface area contributed by atoms with Crippen LogP contribution in [0.2, 0.25) is 0 Å². The lowest BCUT2D eigenvalue weighted by molar-refractivity contribution is 0.192. The quantitative estimate of drug-likeness (QED) is 0.902. The molecule has 1 unspecified atom stereocenters. The van der Waals surface area contributed by atoms with Crippen molar-refractivity contribution in [2.75, 3.05) is 7.11 Å². The predicted octanol–water partition coefficient (Wildman–Crippen LogP) is 3.41. The molecule has 0 aromatic heterocycles. The lowest BCUT2D eigenvalue weighted by Gasteiger charge is -2.13. The van der Waals surface area contributed by atoms with Crippen molar-refractivity contribution in [3.05, 3.63) is 26.4 Å². The normalized spacial score (nSPS) is 12.7. The average molecular weight is 328 g/mol. The molecule has 0 saturated carbocycles. The lowest BCUT2D eigenvalue weighted by atomic mass is 10.1. The molecule has 1 aromatic carbocycles. The largest absolute Gasteiger partial charge is 0.494 e. The number of aliphatic hydroxyl groups excluding tert-OH is 1. The third-order valence-corrected chi connectivity index (χ3v) is 3.16. The zero-order valence-corrected chi connectivity index (χ0v) is 10.8. The Labute approximate surface area is 98.3 Å². The fourth-order valence-electron chi connectivity index (χ4n) is 1.16. The number of benzene rings is 1. The van der Waals surface area contributed by atoms with Gasteiger partial charge < -0.3 is 9.84 Å². The summed E-state index contributed by atoms with van der Waals surface area (Å²) >= 11 is 6.35. The van der Waals surface area contributed by atoms with Crippen LogP contribution in [-0.2, 0) is 0 Å². The van der Waals surface area contributed by atoms with Gasteiger partial charge in [-0.1, -0.05) is 0 Å². The molecule has 78 valence electrons. The fourth-order valence-corrected chi connectivity index (χ4v) is 2.88. The fraction of sp³-hybridized carbons (Fsp3) is 0.333. The maximum Gasteiger partial charge on any atom is 0.147 e. The molecule has 2 nitrogen and oxygen atoms in total. The van der Waals surface area contributed by atoms with Gasteiger partial charge in [-0.25, -0.2) is 4.39 Å². The Morgan fingerprint density at radius 2 is 2.07 bits per heavy atom. The number of halogens is 3. The molecule has 1 rings (SSSR count). The van der Waals surface area contributed by atoms with E-state index in [0.717, 1.165) is 0 Å². The van der Waals surface area contributed by atoms with E-state index < -0.39 is 11.9 Å². The van der Waals surface area contributed by atoms with E-state index in [2.05, 4.69) is 31.9 Å². The highest BCUT2D eigenvalue weighted by atomic mass is 79.9. The average Bonchev–Trinajstić information content (AvgIpc) is 2.02. The Bertz CT molecular complexity index is 353. The molecule has 0 heterocycles. The molecule has 14 heavy (non-hydrogen) atoms. The second kappa shape index (κ2) is 4.59. The molecule has 5 heteroatoms. The minimum Gasteiger partial charge on any atom is -0.494 e. The van der Waals surface area contributed by atoms with Crippen molar-refractivity contribution < 1.29 is 14.2 Å². The standard InChI is InChI=1S/C9H9Br2FO2/c1-4(13)7-6(12)3-5(10)9(14-2)8(7)11/h3-4,13H,1-2H3. The molecule has 0 amide bonds. The van der Waals surface area contributed by atoms with Crippen molar-refractivity contribution >= 4 is 31.9 Å². The zero-order chi connectivity index (χ0) is 10.9. The van der Waals surface area contributed by atoms with Gasteiger partial charge >= 0.3 is 0 Å². The van der Waals surface area contributed by atoms with Crippen molar-refractivity contribution in [3.8, 4) is 5.75 Å². The predicted molar refractivity (Wildman–Crippen MR) is 59.0 cm³/mol. The monoisotopic (exact) mass is 326 g/mol. The first-order chi connectivity index (χ1) is 6.49. The van der Waals surface area contributed by atoms with Crippen LogP contribution in [0.1, 0.15) is 18.6 Å². The Morgan fingerprint density at radius 1 is 1.50 bits per heavy atom. The van der Waals surface area contributed by atoms with Crippen LogP contribution in [0.4, 0.5) is 4.39 Å². The molecule has 0 aliphatic carbocycles. The van der Waals surface area contributed by atoms with Crippen molar-refractivity contribution in [1.29, 1.82) is 0 Å². The van der Waals surface area contributed by atoms with Crippen molar-refractivity contribution in [3.63, 3.8) is 0 Å². The highest BCUT2D eigenvalue weighted by molar-refractivity contribution is 9.11. The number of rotatable bonds is 2. The molecular weight excluding hydrogens is 319 g/mol. The summed E-state index contributed by atoms with van der Waals surface area (Å²) in [6.07, 6.45) is -0.883. The first kappa shape index (κ1) is 11.9. The summed E-state index contributed by atoms with van der Waals surface area (Å²) in [6, 6.07) is 1.27. The van der Waals surface area contributed by atoms with Gasteiger partial charge in [0.2, 0.25) is 0 Å². The van der Waals surface area contributed by atoms with Crippen molar-refractivity contribution in [1.82, 2.24) is 0 Å². The van der Waals surface area contributed by atoms with E-state index in [1.54, 1.807) is 0 Å². The highest BCUT2D eigenvalue weighted by Crippen LogP contribution is 2.39. The van der Waals surface area contributed by atoms with Gasteiger partial charge in [-0.15, -0.1) is 0 Å². The first-order valence-electron chi connectivity index (χ1n) is 3.88. The van der Waals surface area contributed by atoms with E-state index in [4.69, 9.17) is 4.74 Å². The second-order valence-electron chi connectivity index (χ2n) is 2.78. The molecule has 0 saturated heterocycles. The highest BCUT2D eigenvalue weighted by Gasteiger charge is 2.19. The molecule has 0 fully saturated rings. The van der Waals surface area contributed by atoms with E-state index in [9.17, 15) is 9.50 Å². The van der Waals surface area contributed by atoms with E-state index in [-0.39, 0.29) is 5.56 Å². The van der Waals surface area contributed by atoms with Crippen LogP contribution in [0.15, 0.2) is 15.0 Å². The van der Waals surface area contributed by atoms with Gasteiger partial charge in [0.15, 0.2) is 0 Å². The van der Waals surface area contributed by atoms with Gasteiger partial charge in [0, 0.05) is 5.56 Å². The minimum absolute atomic E-state index is 0.199. The van der Waals surface area contributed by atoms with E-state index in [0.29, 0.717) is 14.7 Å². The topological polar surface area (TPSA) is 29.5 Å². The zero-order valence-electron chi connectivity index (χ0n) is 7.64. The van der Waals surface area contributed by atoms with Crippen molar-refractivity contribution in [2.24, 2.45) is 0 Å². The van der Waals surface area contributed by atoms with Crippen LogP contribution in [0.5, 0.6) is 5.75 Å². The van der Waals surface area contributed by atoms with Gasteiger partial charge in [-0.2, -0.15) is 0 Å². The van der Waals surface area contributed by atoms with Crippen LogP contribution in [0, 0.1) is 5.82 Å². The Balaban J connectivity index is 3.44. The van der Waals surface area contributed by atoms with Crippen LogP contribution in [0.25, 0.3) is 0 Å². The molecule has 0 aliphatic rings. The van der Waals surface area contributed by atoms with Gasteiger partial charge in [-0.3, -0.25) is 0 Å². The smallest absolute Gasteiger partial charge is 0.147 e. The lowest BCUT2D eigenvalue weighted by Crippen LogP contribution is -2.00. The van der Waals surface area contributed by atoms with Crippen LogP contribution in [-0.4, -0.2) is 12.2 Å². The van der Waals surface area contributed by atoms with Crippen LogP contribution in [0.3, 0.4) is 0 Å². The summed E-state index contributed by atoms with van der Waals surface area (Å²) in [4.78, 5) is 0. The molecule has 1 aromatic rings. The van der Waals surface area contributed by atoms with E-state index >= 15 is 0 Å². The maximum absolute atomic E-state index is 13.4. The van der Waals surface area contributed by atoms with Crippen LogP contribution < -0.4 is 4.74 Å². The van der Waals surface area contributed by atoms with Gasteiger partial charge in [0.1, 0.15) is 11.6 Å². The molecule has 0 aliphatic heterocycles. The molecular formula is C9H9Br2FO2. The Hall–Kier alpha value is -0.130.